The van der Waals surface area contributed by atoms with E-state index in [1.807, 2.05) is 0 Å². The van der Waals surface area contributed by atoms with E-state index in [0.29, 0.717) is 6.08 Å². The van der Waals surface area contributed by atoms with Crippen LogP contribution in [-0.4, -0.2) is 39.8 Å². The molecule has 0 aromatic rings. The first-order valence-corrected chi connectivity index (χ1v) is 3.29. The molecule has 0 spiro atoms. The number of hydrogen-bond acceptors (Lipinski definition) is 4. The standard InChI is InChI=1S/C7H10O5/c8-4-6(10)3-5(9)1-2-7(11)12/h1-2,6,8,10H,3-4H2,(H,11,12)/b2-1+. The summed E-state index contributed by atoms with van der Waals surface area (Å²) >= 11 is 0. The SMILES string of the molecule is O=C(O)/C=C/C(=O)CC(O)CO. The van der Waals surface area contributed by atoms with Crippen molar-refractivity contribution in [3.8, 4) is 0 Å². The summed E-state index contributed by atoms with van der Waals surface area (Å²) in [5.74, 6) is -1.75. The van der Waals surface area contributed by atoms with Crippen LogP contribution in [0.5, 0.6) is 0 Å². The largest absolute Gasteiger partial charge is 0.478 e. The van der Waals surface area contributed by atoms with Crippen molar-refractivity contribution in [3.63, 3.8) is 0 Å². The summed E-state index contributed by atoms with van der Waals surface area (Å²) in [5.41, 5.74) is 0. The summed E-state index contributed by atoms with van der Waals surface area (Å²) < 4.78 is 0. The predicted molar refractivity (Wildman–Crippen MR) is 39.5 cm³/mol. The third-order valence-electron chi connectivity index (χ3n) is 1.06. The maximum atomic E-state index is 10.7. The minimum atomic E-state index is -1.22. The number of ketones is 1. The average Bonchev–Trinajstić information content (AvgIpc) is 2.00. The van der Waals surface area contributed by atoms with Crippen LogP contribution in [0.2, 0.25) is 0 Å². The number of rotatable bonds is 5. The van der Waals surface area contributed by atoms with Gasteiger partial charge in [-0.3, -0.25) is 4.79 Å². The summed E-state index contributed by atoms with van der Waals surface area (Å²) in [6.07, 6.45) is 0.157. The lowest BCUT2D eigenvalue weighted by atomic mass is 10.2. The van der Waals surface area contributed by atoms with Gasteiger partial charge in [0.25, 0.3) is 0 Å². The fraction of sp³-hybridized carbons (Fsp3) is 0.429. The number of allylic oxidation sites excluding steroid dienone is 1. The molecule has 12 heavy (non-hydrogen) atoms. The van der Waals surface area contributed by atoms with E-state index < -0.39 is 24.5 Å². The van der Waals surface area contributed by atoms with Crippen LogP contribution < -0.4 is 0 Å². The van der Waals surface area contributed by atoms with E-state index in [4.69, 9.17) is 15.3 Å². The van der Waals surface area contributed by atoms with Crippen LogP contribution in [0.25, 0.3) is 0 Å². The first kappa shape index (κ1) is 10.8. The maximum absolute atomic E-state index is 10.7. The fourth-order valence-electron chi connectivity index (χ4n) is 0.529. The molecule has 0 heterocycles. The number of aliphatic hydroxyl groups is 2. The number of carbonyl (C=O) groups excluding carboxylic acids is 1. The second-order valence-electron chi connectivity index (χ2n) is 2.18. The van der Waals surface area contributed by atoms with Gasteiger partial charge >= 0.3 is 5.97 Å². The molecule has 0 aliphatic rings. The third-order valence-corrected chi connectivity index (χ3v) is 1.06. The van der Waals surface area contributed by atoms with Crippen molar-refractivity contribution in [3.05, 3.63) is 12.2 Å². The number of hydrogen-bond donors (Lipinski definition) is 3. The molecule has 5 heteroatoms. The molecule has 1 atom stereocenters. The van der Waals surface area contributed by atoms with Crippen LogP contribution in [0.3, 0.4) is 0 Å². The lowest BCUT2D eigenvalue weighted by Gasteiger charge is -2.01. The zero-order valence-corrected chi connectivity index (χ0v) is 6.30. The number of aliphatic carboxylic acids is 1. The molecule has 1 unspecified atom stereocenters. The van der Waals surface area contributed by atoms with E-state index >= 15 is 0 Å². The minimum absolute atomic E-state index is 0.264. The Bertz CT molecular complexity index is 196. The van der Waals surface area contributed by atoms with E-state index in [0.717, 1.165) is 6.08 Å². The van der Waals surface area contributed by atoms with Crippen molar-refractivity contribution < 1.29 is 24.9 Å². The second kappa shape index (κ2) is 5.45. The van der Waals surface area contributed by atoms with Crippen molar-refractivity contribution in [1.29, 1.82) is 0 Å². The topological polar surface area (TPSA) is 94.8 Å². The maximum Gasteiger partial charge on any atom is 0.328 e. The second-order valence-corrected chi connectivity index (χ2v) is 2.18. The van der Waals surface area contributed by atoms with Gasteiger partial charge in [0.15, 0.2) is 5.78 Å². The summed E-state index contributed by atoms with van der Waals surface area (Å²) in [6.45, 7) is -0.507. The number of carbonyl (C=O) groups is 2. The molecule has 0 fully saturated rings. The Morgan fingerprint density at radius 3 is 2.33 bits per heavy atom. The Kier molecular flexibility index (Phi) is 4.91. The van der Waals surface area contributed by atoms with Gasteiger partial charge < -0.3 is 15.3 Å². The molecule has 0 aromatic carbocycles. The summed E-state index contributed by atoms with van der Waals surface area (Å²) in [5, 5.41) is 25.2. The molecule has 0 aliphatic heterocycles. The number of carboxylic acid groups (broad SMARTS) is 1. The van der Waals surface area contributed by atoms with E-state index in [1.54, 1.807) is 0 Å². The zero-order valence-electron chi connectivity index (χ0n) is 6.30. The van der Waals surface area contributed by atoms with Gasteiger partial charge in [0, 0.05) is 12.5 Å². The first-order chi connectivity index (χ1) is 5.56. The molecule has 0 aliphatic carbocycles. The third kappa shape index (κ3) is 5.57. The number of aliphatic hydroxyl groups excluding tert-OH is 2. The smallest absolute Gasteiger partial charge is 0.328 e. The highest BCUT2D eigenvalue weighted by atomic mass is 16.4. The van der Waals surface area contributed by atoms with Crippen LogP contribution >= 0.6 is 0 Å². The van der Waals surface area contributed by atoms with E-state index in [2.05, 4.69) is 0 Å². The van der Waals surface area contributed by atoms with E-state index in [-0.39, 0.29) is 6.42 Å². The molecule has 0 aromatic heterocycles. The van der Waals surface area contributed by atoms with Crippen LogP contribution in [0.1, 0.15) is 6.42 Å². The van der Waals surface area contributed by atoms with Crippen molar-refractivity contribution >= 4 is 11.8 Å². The lowest BCUT2D eigenvalue weighted by molar-refractivity contribution is -0.131. The van der Waals surface area contributed by atoms with Crippen molar-refractivity contribution in [2.75, 3.05) is 6.61 Å². The number of carboxylic acids is 1. The zero-order chi connectivity index (χ0) is 9.56. The Labute approximate surface area is 68.9 Å². The molecule has 0 saturated heterocycles. The van der Waals surface area contributed by atoms with Crippen LogP contribution in [0.15, 0.2) is 12.2 Å². The normalized spacial score (nSPS) is 13.2. The van der Waals surface area contributed by atoms with Gasteiger partial charge in [0.05, 0.1) is 12.7 Å². The highest BCUT2D eigenvalue weighted by Gasteiger charge is 2.06. The molecule has 0 rings (SSSR count). The molecule has 0 saturated carbocycles. The van der Waals surface area contributed by atoms with Gasteiger partial charge in [-0.2, -0.15) is 0 Å². The molecular formula is C7H10O5. The van der Waals surface area contributed by atoms with Crippen molar-refractivity contribution in [2.24, 2.45) is 0 Å². The molecule has 0 bridgehead atoms. The molecule has 3 N–H and O–H groups in total. The summed E-state index contributed by atoms with van der Waals surface area (Å²) in [7, 11) is 0. The molecular weight excluding hydrogens is 164 g/mol. The van der Waals surface area contributed by atoms with Crippen LogP contribution in [0, 0.1) is 0 Å². The summed E-state index contributed by atoms with van der Waals surface area (Å²) in [6, 6.07) is 0. The Morgan fingerprint density at radius 2 is 1.92 bits per heavy atom. The highest BCUT2D eigenvalue weighted by Crippen LogP contribution is 1.92. The molecule has 68 valence electrons. The first-order valence-electron chi connectivity index (χ1n) is 3.29. The van der Waals surface area contributed by atoms with Gasteiger partial charge in [-0.05, 0) is 6.08 Å². The van der Waals surface area contributed by atoms with Crippen LogP contribution in [0.4, 0.5) is 0 Å². The Balaban J connectivity index is 3.81. The van der Waals surface area contributed by atoms with E-state index in [9.17, 15) is 9.59 Å². The van der Waals surface area contributed by atoms with Gasteiger partial charge in [0.1, 0.15) is 0 Å². The van der Waals surface area contributed by atoms with Gasteiger partial charge in [0.2, 0.25) is 0 Å². The van der Waals surface area contributed by atoms with Crippen molar-refractivity contribution in [2.45, 2.75) is 12.5 Å². The van der Waals surface area contributed by atoms with Crippen molar-refractivity contribution in [1.82, 2.24) is 0 Å². The van der Waals surface area contributed by atoms with Gasteiger partial charge in [-0.1, -0.05) is 0 Å². The van der Waals surface area contributed by atoms with Gasteiger partial charge in [-0.15, -0.1) is 0 Å². The minimum Gasteiger partial charge on any atom is -0.478 e. The monoisotopic (exact) mass is 174 g/mol. The average molecular weight is 174 g/mol. The summed E-state index contributed by atoms with van der Waals surface area (Å²) in [4.78, 5) is 20.6. The van der Waals surface area contributed by atoms with Crippen LogP contribution in [-0.2, 0) is 9.59 Å². The predicted octanol–water partition coefficient (Wildman–Crippen LogP) is -1.06. The Hall–Kier alpha value is -1.20. The molecule has 0 radical (unpaired) electrons. The lowest BCUT2D eigenvalue weighted by Crippen LogP contribution is -2.16. The Morgan fingerprint density at radius 1 is 1.33 bits per heavy atom. The van der Waals surface area contributed by atoms with Gasteiger partial charge in [-0.25, -0.2) is 4.79 Å². The molecule has 0 amide bonds. The highest BCUT2D eigenvalue weighted by molar-refractivity contribution is 5.95. The quantitative estimate of drug-likeness (QED) is 0.462. The molecule has 5 nitrogen and oxygen atoms in total. The fourth-order valence-corrected chi connectivity index (χ4v) is 0.529. The van der Waals surface area contributed by atoms with E-state index in [1.165, 1.54) is 0 Å².